The molecule has 0 bridgehead atoms. The number of likely N-dealkylation sites (N-methyl/N-ethyl adjacent to an activating group) is 2. The molecule has 7 heteroatoms. The van der Waals surface area contributed by atoms with Gasteiger partial charge in [-0.15, -0.1) is 0 Å². The fraction of sp³-hybridized carbons (Fsp3) is 0.667. The first kappa shape index (κ1) is 22.6. The van der Waals surface area contributed by atoms with Gasteiger partial charge in [-0.25, -0.2) is 4.79 Å². The maximum Gasteiger partial charge on any atom is 0.329 e. The number of hydrogen-bond acceptors (Lipinski definition) is 5. The summed E-state index contributed by atoms with van der Waals surface area (Å²) in [6.45, 7) is 13.2. The molecule has 1 aromatic carbocycles. The minimum Gasteiger partial charge on any atom is -0.390 e. The standard InChI is InChI=1S/C21H36N4O3/c1-5-22(6-2)13-17(26)15-24-19-11-9-10-12-20(19)25(21(24)28)16-18(27)14-23(7-3)8-4/h9-12,17-18,26-27H,5-8,13-16H2,1-4H3. The zero-order chi connectivity index (χ0) is 20.7. The molecule has 0 radical (unpaired) electrons. The third-order valence-electron chi connectivity index (χ3n) is 5.44. The highest BCUT2D eigenvalue weighted by atomic mass is 16.3. The van der Waals surface area contributed by atoms with Gasteiger partial charge in [0, 0.05) is 13.1 Å². The Bertz CT molecular complexity index is 716. The number of aromatic nitrogens is 2. The molecule has 2 aromatic rings. The minimum atomic E-state index is -0.627. The third kappa shape index (κ3) is 5.44. The number of para-hydroxylation sites is 2. The average Bonchev–Trinajstić information content (AvgIpc) is 2.96. The minimum absolute atomic E-state index is 0.182. The summed E-state index contributed by atoms with van der Waals surface area (Å²) in [5, 5.41) is 21.1. The first-order valence-electron chi connectivity index (χ1n) is 10.4. The zero-order valence-electron chi connectivity index (χ0n) is 17.7. The van der Waals surface area contributed by atoms with E-state index in [1.54, 1.807) is 9.13 Å². The van der Waals surface area contributed by atoms with Crippen LogP contribution in [0.15, 0.2) is 29.1 Å². The zero-order valence-corrected chi connectivity index (χ0v) is 17.7. The van der Waals surface area contributed by atoms with E-state index in [1.165, 1.54) is 0 Å². The van der Waals surface area contributed by atoms with Gasteiger partial charge in [0.05, 0.1) is 36.3 Å². The second-order valence-electron chi connectivity index (χ2n) is 7.27. The summed E-state index contributed by atoms with van der Waals surface area (Å²) in [4.78, 5) is 17.4. The van der Waals surface area contributed by atoms with Gasteiger partial charge < -0.3 is 20.0 Å². The Kier molecular flexibility index (Phi) is 8.69. The molecule has 158 valence electrons. The number of rotatable bonds is 12. The molecule has 2 unspecified atom stereocenters. The molecule has 2 atom stereocenters. The van der Waals surface area contributed by atoms with E-state index >= 15 is 0 Å². The van der Waals surface area contributed by atoms with E-state index in [9.17, 15) is 15.0 Å². The fourth-order valence-corrected chi connectivity index (χ4v) is 3.72. The second-order valence-corrected chi connectivity index (χ2v) is 7.27. The van der Waals surface area contributed by atoms with Crippen molar-refractivity contribution < 1.29 is 10.2 Å². The first-order chi connectivity index (χ1) is 13.4. The Balaban J connectivity index is 2.26. The van der Waals surface area contributed by atoms with Crippen LogP contribution in [0, 0.1) is 0 Å². The van der Waals surface area contributed by atoms with E-state index in [4.69, 9.17) is 0 Å². The third-order valence-corrected chi connectivity index (χ3v) is 5.44. The molecule has 0 saturated carbocycles. The van der Waals surface area contributed by atoms with Crippen molar-refractivity contribution in [1.82, 2.24) is 18.9 Å². The van der Waals surface area contributed by atoms with Crippen LogP contribution >= 0.6 is 0 Å². The first-order valence-corrected chi connectivity index (χ1v) is 10.4. The van der Waals surface area contributed by atoms with E-state index in [-0.39, 0.29) is 18.8 Å². The Morgan fingerprint density at radius 1 is 0.786 bits per heavy atom. The Hall–Kier alpha value is -1.67. The second kappa shape index (κ2) is 10.8. The van der Waals surface area contributed by atoms with Crippen LogP contribution in [-0.4, -0.2) is 80.6 Å². The van der Waals surface area contributed by atoms with Crippen LogP contribution in [0.1, 0.15) is 27.7 Å². The van der Waals surface area contributed by atoms with Gasteiger partial charge in [0.15, 0.2) is 0 Å². The van der Waals surface area contributed by atoms with Crippen LogP contribution in [0.4, 0.5) is 0 Å². The van der Waals surface area contributed by atoms with Crippen LogP contribution in [0.25, 0.3) is 11.0 Å². The number of benzene rings is 1. The summed E-state index contributed by atoms with van der Waals surface area (Å²) < 4.78 is 3.27. The predicted molar refractivity (Wildman–Crippen MR) is 114 cm³/mol. The lowest BCUT2D eigenvalue weighted by Crippen LogP contribution is -2.39. The van der Waals surface area contributed by atoms with Crippen molar-refractivity contribution in [2.75, 3.05) is 39.3 Å². The molecule has 0 aliphatic carbocycles. The molecular weight excluding hydrogens is 356 g/mol. The van der Waals surface area contributed by atoms with Crippen molar-refractivity contribution in [3.8, 4) is 0 Å². The average molecular weight is 393 g/mol. The van der Waals surface area contributed by atoms with E-state index < -0.39 is 12.2 Å². The summed E-state index contributed by atoms with van der Waals surface area (Å²) in [6.07, 6.45) is -1.25. The Labute approximate surface area is 167 Å². The molecule has 28 heavy (non-hydrogen) atoms. The van der Waals surface area contributed by atoms with E-state index in [0.29, 0.717) is 13.1 Å². The molecule has 0 amide bonds. The quantitative estimate of drug-likeness (QED) is 0.568. The lowest BCUT2D eigenvalue weighted by molar-refractivity contribution is 0.0986. The topological polar surface area (TPSA) is 73.9 Å². The highest BCUT2D eigenvalue weighted by Gasteiger charge is 2.19. The van der Waals surface area contributed by atoms with Crippen LogP contribution < -0.4 is 5.69 Å². The molecule has 0 aliphatic heterocycles. The van der Waals surface area contributed by atoms with Crippen LogP contribution in [0.5, 0.6) is 0 Å². The lowest BCUT2D eigenvalue weighted by atomic mass is 10.2. The van der Waals surface area contributed by atoms with Gasteiger partial charge in [0.1, 0.15) is 0 Å². The molecule has 0 spiro atoms. The van der Waals surface area contributed by atoms with Crippen LogP contribution in [0.3, 0.4) is 0 Å². The molecule has 0 fully saturated rings. The Morgan fingerprint density at radius 2 is 1.14 bits per heavy atom. The van der Waals surface area contributed by atoms with E-state index in [2.05, 4.69) is 37.5 Å². The van der Waals surface area contributed by atoms with Gasteiger partial charge in [0.2, 0.25) is 0 Å². The molecule has 0 aliphatic rings. The predicted octanol–water partition coefficient (Wildman–Crippen LogP) is 1.21. The summed E-state index contributed by atoms with van der Waals surface area (Å²) in [6, 6.07) is 7.58. The number of aliphatic hydroxyl groups excluding tert-OH is 2. The number of fused-ring (bicyclic) bond motifs is 1. The highest BCUT2D eigenvalue weighted by molar-refractivity contribution is 5.76. The number of hydrogen-bond donors (Lipinski definition) is 2. The number of aliphatic hydroxyl groups is 2. The largest absolute Gasteiger partial charge is 0.390 e. The van der Waals surface area contributed by atoms with E-state index in [1.807, 2.05) is 24.3 Å². The van der Waals surface area contributed by atoms with Gasteiger partial charge in [0.25, 0.3) is 0 Å². The van der Waals surface area contributed by atoms with Crippen LogP contribution in [-0.2, 0) is 13.1 Å². The summed E-state index contributed by atoms with van der Waals surface area (Å²) in [5.74, 6) is 0. The SMILES string of the molecule is CCN(CC)CC(O)Cn1c(=O)n(CC(O)CN(CC)CC)c2ccccc21. The number of nitrogens with zero attached hydrogens (tertiary/aromatic N) is 4. The van der Waals surface area contributed by atoms with Gasteiger partial charge in [-0.1, -0.05) is 39.8 Å². The fourth-order valence-electron chi connectivity index (χ4n) is 3.72. The molecule has 7 nitrogen and oxygen atoms in total. The molecule has 0 saturated heterocycles. The number of imidazole rings is 1. The molecular formula is C21H36N4O3. The van der Waals surface area contributed by atoms with Gasteiger partial charge in [-0.05, 0) is 38.3 Å². The van der Waals surface area contributed by atoms with Gasteiger partial charge >= 0.3 is 5.69 Å². The summed E-state index contributed by atoms with van der Waals surface area (Å²) in [7, 11) is 0. The van der Waals surface area contributed by atoms with Crippen molar-refractivity contribution in [3.63, 3.8) is 0 Å². The Morgan fingerprint density at radius 3 is 1.46 bits per heavy atom. The monoisotopic (exact) mass is 392 g/mol. The molecule has 2 rings (SSSR count). The maximum absolute atomic E-state index is 13.1. The highest BCUT2D eigenvalue weighted by Crippen LogP contribution is 2.14. The van der Waals surface area contributed by atoms with Gasteiger partial charge in [-0.2, -0.15) is 0 Å². The van der Waals surface area contributed by atoms with Crippen LogP contribution in [0.2, 0.25) is 0 Å². The molecule has 1 aromatic heterocycles. The summed E-state index contributed by atoms with van der Waals surface area (Å²) in [5.41, 5.74) is 1.40. The van der Waals surface area contributed by atoms with Crippen molar-refractivity contribution >= 4 is 11.0 Å². The maximum atomic E-state index is 13.1. The van der Waals surface area contributed by atoms with E-state index in [0.717, 1.165) is 37.2 Å². The molecule has 1 heterocycles. The summed E-state index contributed by atoms with van der Waals surface area (Å²) >= 11 is 0. The van der Waals surface area contributed by atoms with Crippen molar-refractivity contribution in [2.45, 2.75) is 53.0 Å². The van der Waals surface area contributed by atoms with Gasteiger partial charge in [-0.3, -0.25) is 9.13 Å². The van der Waals surface area contributed by atoms with Crippen molar-refractivity contribution in [3.05, 3.63) is 34.7 Å². The van der Waals surface area contributed by atoms with Crippen molar-refractivity contribution in [2.24, 2.45) is 0 Å². The lowest BCUT2D eigenvalue weighted by Gasteiger charge is -2.22. The molecule has 2 N–H and O–H groups in total. The van der Waals surface area contributed by atoms with Crippen molar-refractivity contribution in [1.29, 1.82) is 0 Å². The normalized spacial score (nSPS) is 14.3. The smallest absolute Gasteiger partial charge is 0.329 e.